The minimum Gasteiger partial charge on any atom is -0.392 e. The molecule has 82 valence electrons. The number of aryl methyl sites for hydroxylation is 1. The maximum atomic E-state index is 11.7. The van der Waals surface area contributed by atoms with Gasteiger partial charge in [-0.2, -0.15) is 0 Å². The summed E-state index contributed by atoms with van der Waals surface area (Å²) in [4.78, 5) is 15.8. The van der Waals surface area contributed by atoms with E-state index in [-0.39, 0.29) is 11.9 Å². The van der Waals surface area contributed by atoms with Gasteiger partial charge in [0.2, 0.25) is 5.91 Å². The Kier molecular flexibility index (Phi) is 2.99. The summed E-state index contributed by atoms with van der Waals surface area (Å²) < 4.78 is 0. The van der Waals surface area contributed by atoms with E-state index in [1.165, 1.54) is 11.3 Å². The van der Waals surface area contributed by atoms with Crippen LogP contribution in [-0.2, 0) is 4.79 Å². The van der Waals surface area contributed by atoms with Gasteiger partial charge in [0, 0.05) is 11.9 Å². The van der Waals surface area contributed by atoms with Gasteiger partial charge in [0.25, 0.3) is 0 Å². The summed E-state index contributed by atoms with van der Waals surface area (Å²) >= 11 is 1.40. The van der Waals surface area contributed by atoms with E-state index in [1.54, 1.807) is 0 Å². The molecule has 0 aromatic carbocycles. The maximum absolute atomic E-state index is 11.7. The maximum Gasteiger partial charge on any atom is 0.243 e. The summed E-state index contributed by atoms with van der Waals surface area (Å²) in [6.07, 6.45) is 0.0506. The van der Waals surface area contributed by atoms with Crippen LogP contribution >= 0.6 is 11.3 Å². The molecule has 2 rings (SSSR count). The van der Waals surface area contributed by atoms with Gasteiger partial charge in [-0.25, -0.2) is 4.98 Å². The number of hydrogen-bond acceptors (Lipinski definition) is 5. The van der Waals surface area contributed by atoms with Crippen molar-refractivity contribution in [3.05, 3.63) is 11.1 Å². The van der Waals surface area contributed by atoms with Crippen molar-refractivity contribution in [1.82, 2.24) is 10.3 Å². The molecule has 1 aliphatic heterocycles. The third kappa shape index (κ3) is 2.53. The first-order valence-corrected chi connectivity index (χ1v) is 5.67. The first kappa shape index (κ1) is 10.5. The number of nitrogens with one attached hydrogen (secondary N) is 2. The van der Waals surface area contributed by atoms with E-state index in [4.69, 9.17) is 0 Å². The fourth-order valence-electron chi connectivity index (χ4n) is 1.52. The van der Waals surface area contributed by atoms with Crippen molar-refractivity contribution >= 4 is 22.4 Å². The number of carbonyl (C=O) groups is 1. The number of rotatable bonds is 2. The third-order valence-electron chi connectivity index (χ3n) is 2.27. The molecule has 3 N–H and O–H groups in total. The van der Waals surface area contributed by atoms with Gasteiger partial charge >= 0.3 is 0 Å². The number of thiazole rings is 1. The molecular formula is C9H13N3O2S. The topological polar surface area (TPSA) is 74.2 Å². The van der Waals surface area contributed by atoms with Crippen LogP contribution in [-0.4, -0.2) is 34.7 Å². The summed E-state index contributed by atoms with van der Waals surface area (Å²) in [5.74, 6) is -0.124. The van der Waals surface area contributed by atoms with E-state index in [2.05, 4.69) is 15.6 Å². The molecule has 6 heteroatoms. The molecule has 1 fully saturated rings. The van der Waals surface area contributed by atoms with Gasteiger partial charge in [-0.05, 0) is 13.3 Å². The van der Waals surface area contributed by atoms with Crippen molar-refractivity contribution in [2.75, 3.05) is 11.9 Å². The number of amides is 1. The van der Waals surface area contributed by atoms with Gasteiger partial charge in [-0.3, -0.25) is 4.79 Å². The Hall–Kier alpha value is -0.980. The van der Waals surface area contributed by atoms with Gasteiger partial charge in [0.15, 0.2) is 5.13 Å². The molecule has 1 aliphatic rings. The van der Waals surface area contributed by atoms with E-state index in [0.717, 1.165) is 5.69 Å². The lowest BCUT2D eigenvalue weighted by atomic mass is 10.2. The first-order valence-electron chi connectivity index (χ1n) is 4.79. The highest BCUT2D eigenvalue weighted by Gasteiger charge is 2.28. The Balaban J connectivity index is 1.92. The molecule has 0 aliphatic carbocycles. The Morgan fingerprint density at radius 3 is 3.13 bits per heavy atom. The summed E-state index contributed by atoms with van der Waals surface area (Å²) in [7, 11) is 0. The SMILES string of the molecule is Cc1csc(NC(=O)[C@H]2C[C@H](O)CN2)n1. The van der Waals surface area contributed by atoms with Crippen molar-refractivity contribution in [2.45, 2.75) is 25.5 Å². The minimum atomic E-state index is -0.418. The second-order valence-electron chi connectivity index (χ2n) is 3.63. The molecule has 5 nitrogen and oxygen atoms in total. The van der Waals surface area contributed by atoms with Crippen LogP contribution in [0.25, 0.3) is 0 Å². The van der Waals surface area contributed by atoms with Crippen LogP contribution in [0.15, 0.2) is 5.38 Å². The van der Waals surface area contributed by atoms with E-state index in [9.17, 15) is 9.90 Å². The van der Waals surface area contributed by atoms with E-state index in [1.807, 2.05) is 12.3 Å². The van der Waals surface area contributed by atoms with E-state index < -0.39 is 6.10 Å². The lowest BCUT2D eigenvalue weighted by molar-refractivity contribution is -0.117. The van der Waals surface area contributed by atoms with Crippen molar-refractivity contribution in [3.63, 3.8) is 0 Å². The molecular weight excluding hydrogens is 214 g/mol. The highest BCUT2D eigenvalue weighted by atomic mass is 32.1. The van der Waals surface area contributed by atoms with Gasteiger partial charge in [-0.1, -0.05) is 0 Å². The quantitative estimate of drug-likeness (QED) is 0.670. The third-order valence-corrected chi connectivity index (χ3v) is 3.15. The van der Waals surface area contributed by atoms with Crippen molar-refractivity contribution in [1.29, 1.82) is 0 Å². The summed E-state index contributed by atoms with van der Waals surface area (Å²) in [5.41, 5.74) is 0.898. The average molecular weight is 227 g/mol. The molecule has 1 saturated heterocycles. The molecule has 1 aromatic heterocycles. The van der Waals surface area contributed by atoms with Gasteiger partial charge in [0.05, 0.1) is 17.8 Å². The largest absolute Gasteiger partial charge is 0.392 e. The van der Waals surface area contributed by atoms with Crippen LogP contribution in [0.4, 0.5) is 5.13 Å². The smallest absolute Gasteiger partial charge is 0.243 e. The normalized spacial score (nSPS) is 25.5. The highest BCUT2D eigenvalue weighted by Crippen LogP contribution is 2.16. The molecule has 0 unspecified atom stereocenters. The summed E-state index contributed by atoms with van der Waals surface area (Å²) in [6, 6.07) is -0.302. The van der Waals surface area contributed by atoms with Crippen LogP contribution in [0.5, 0.6) is 0 Å². The monoisotopic (exact) mass is 227 g/mol. The van der Waals surface area contributed by atoms with E-state index >= 15 is 0 Å². The Labute approximate surface area is 91.5 Å². The van der Waals surface area contributed by atoms with Crippen LogP contribution < -0.4 is 10.6 Å². The average Bonchev–Trinajstić information content (AvgIpc) is 2.75. The highest BCUT2D eigenvalue weighted by molar-refractivity contribution is 7.13. The molecule has 0 spiro atoms. The second-order valence-corrected chi connectivity index (χ2v) is 4.49. The molecule has 0 bridgehead atoms. The molecule has 1 aromatic rings. The number of anilines is 1. The number of hydrogen-bond donors (Lipinski definition) is 3. The number of aromatic nitrogens is 1. The summed E-state index contributed by atoms with van der Waals surface area (Å²) in [6.45, 7) is 2.36. The minimum absolute atomic E-state index is 0.124. The zero-order chi connectivity index (χ0) is 10.8. The number of aliphatic hydroxyl groups excluding tert-OH is 1. The number of carbonyl (C=O) groups excluding carboxylic acids is 1. The van der Waals surface area contributed by atoms with E-state index in [0.29, 0.717) is 18.1 Å². The number of aliphatic hydroxyl groups is 1. The Morgan fingerprint density at radius 2 is 2.60 bits per heavy atom. The van der Waals surface area contributed by atoms with Crippen molar-refractivity contribution in [2.24, 2.45) is 0 Å². The lowest BCUT2D eigenvalue weighted by Crippen LogP contribution is -2.35. The standard InChI is InChI=1S/C9H13N3O2S/c1-5-4-15-9(11-5)12-8(14)7-2-6(13)3-10-7/h4,6-7,10,13H,2-3H2,1H3,(H,11,12,14)/t6-,7+/m0/s1. The number of nitrogens with zero attached hydrogens (tertiary/aromatic N) is 1. The van der Waals surface area contributed by atoms with Crippen LogP contribution in [0.1, 0.15) is 12.1 Å². The van der Waals surface area contributed by atoms with Gasteiger partial charge < -0.3 is 15.7 Å². The molecule has 2 atom stereocenters. The molecule has 1 amide bonds. The lowest BCUT2D eigenvalue weighted by Gasteiger charge is -2.08. The van der Waals surface area contributed by atoms with Crippen LogP contribution in [0.3, 0.4) is 0 Å². The van der Waals surface area contributed by atoms with Crippen molar-refractivity contribution in [3.8, 4) is 0 Å². The fraction of sp³-hybridized carbons (Fsp3) is 0.556. The molecule has 0 radical (unpaired) electrons. The molecule has 0 saturated carbocycles. The predicted molar refractivity (Wildman–Crippen MR) is 57.9 cm³/mol. The van der Waals surface area contributed by atoms with Gasteiger partial charge in [0.1, 0.15) is 0 Å². The van der Waals surface area contributed by atoms with Crippen LogP contribution in [0, 0.1) is 6.92 Å². The van der Waals surface area contributed by atoms with Crippen molar-refractivity contribution < 1.29 is 9.90 Å². The van der Waals surface area contributed by atoms with Crippen LogP contribution in [0.2, 0.25) is 0 Å². The summed E-state index contributed by atoms with van der Waals surface area (Å²) in [5, 5.41) is 17.4. The second kappa shape index (κ2) is 4.26. The van der Waals surface area contributed by atoms with Gasteiger partial charge in [-0.15, -0.1) is 11.3 Å². The molecule has 2 heterocycles. The zero-order valence-electron chi connectivity index (χ0n) is 8.36. The number of β-amino-alcohol motifs (C(OH)–C–C–N with tert-alkyl or cyclic N) is 1. The first-order chi connectivity index (χ1) is 7.15. The Bertz CT molecular complexity index is 366. The molecule has 15 heavy (non-hydrogen) atoms. The predicted octanol–water partition coefficient (Wildman–Crippen LogP) is 0.113. The zero-order valence-corrected chi connectivity index (χ0v) is 9.17. The Morgan fingerprint density at radius 1 is 1.80 bits per heavy atom. The fourth-order valence-corrected chi connectivity index (χ4v) is 2.21.